The first-order valence-corrected chi connectivity index (χ1v) is 15.9. The maximum Gasteiger partial charge on any atom is 0.305 e. The van der Waals surface area contributed by atoms with Crippen molar-refractivity contribution in [3.05, 3.63) is 53.6 Å². The minimum absolute atomic E-state index is 0.124. The molecule has 0 saturated carbocycles. The highest BCUT2D eigenvalue weighted by atomic mass is 32.2. The molecule has 222 valence electrons. The highest BCUT2D eigenvalue weighted by Gasteiger charge is 2.16. The van der Waals surface area contributed by atoms with Gasteiger partial charge in [-0.25, -0.2) is 0 Å². The molecule has 8 nitrogen and oxygen atoms in total. The van der Waals surface area contributed by atoms with E-state index in [4.69, 9.17) is 14.2 Å². The number of hydrogen-bond donors (Lipinski definition) is 1. The fraction of sp³-hybridized carbons (Fsp3) is 0.548. The molecule has 2 rings (SSSR count). The monoisotopic (exact) mass is 574 g/mol. The third kappa shape index (κ3) is 12.0. The molecule has 0 bridgehead atoms. The lowest BCUT2D eigenvalue weighted by molar-refractivity contribution is -0.140. The second-order valence-electron chi connectivity index (χ2n) is 9.88. The number of carbonyl (C=O) groups is 1. The van der Waals surface area contributed by atoms with E-state index < -0.39 is 10.0 Å². The van der Waals surface area contributed by atoms with Gasteiger partial charge >= 0.3 is 5.97 Å². The van der Waals surface area contributed by atoms with E-state index in [9.17, 15) is 13.2 Å². The van der Waals surface area contributed by atoms with Gasteiger partial charge in [-0.3, -0.25) is 4.79 Å². The lowest BCUT2D eigenvalue weighted by Crippen LogP contribution is -2.21. The van der Waals surface area contributed by atoms with Crippen LogP contribution in [0.2, 0.25) is 0 Å². The molecule has 40 heavy (non-hydrogen) atoms. The summed E-state index contributed by atoms with van der Waals surface area (Å²) in [7, 11) is -2.53. The van der Waals surface area contributed by atoms with Crippen LogP contribution in [-0.2, 0) is 19.6 Å². The fourth-order valence-corrected chi connectivity index (χ4v) is 4.82. The van der Waals surface area contributed by atoms with Crippen LogP contribution in [0.1, 0.15) is 95.6 Å². The van der Waals surface area contributed by atoms with Crippen molar-refractivity contribution in [1.29, 1.82) is 0 Å². The Kier molecular flexibility index (Phi) is 15.2. The predicted octanol–water partition coefficient (Wildman–Crippen LogP) is 6.94. The molecule has 0 aliphatic heterocycles. The zero-order valence-corrected chi connectivity index (χ0v) is 25.4. The zero-order valence-electron chi connectivity index (χ0n) is 24.5. The number of ether oxygens (including phenoxy) is 3. The number of unbranched alkanes of at least 4 members (excludes halogenated alkanes) is 6. The van der Waals surface area contributed by atoms with E-state index in [1.807, 2.05) is 25.1 Å². The number of sulfonamides is 1. The number of nitrogens with zero attached hydrogens (tertiary/aromatic N) is 1. The van der Waals surface area contributed by atoms with Crippen LogP contribution in [-0.4, -0.2) is 40.4 Å². The van der Waals surface area contributed by atoms with E-state index in [2.05, 4.69) is 23.8 Å². The Morgan fingerprint density at radius 1 is 0.800 bits per heavy atom. The Morgan fingerprint density at radius 3 is 2.02 bits per heavy atom. The number of aryl methyl sites for hydroxylation is 1. The fourth-order valence-electron chi connectivity index (χ4n) is 3.99. The second-order valence-corrected chi connectivity index (χ2v) is 11.5. The minimum Gasteiger partial charge on any atom is -0.490 e. The van der Waals surface area contributed by atoms with E-state index in [0.29, 0.717) is 48.8 Å². The average Bonchev–Trinajstić information content (AvgIpc) is 2.95. The van der Waals surface area contributed by atoms with Gasteiger partial charge in [0.2, 0.25) is 0 Å². The molecule has 0 aliphatic carbocycles. The van der Waals surface area contributed by atoms with Crippen LogP contribution in [0.25, 0.3) is 0 Å². The standard InChI is InChI=1S/C31H46N2O6S/c1-5-7-9-11-22-38-29-21-18-26(24-30(29)39-23-12-10-8-6-2)28(14-13-15-31(34)37-4)32-33-40(35,36)27-19-16-25(3)17-20-27/h16-21,24,33H,5-15,22-23H2,1-4H3/b32-28+. The molecule has 0 atom stereocenters. The first-order valence-electron chi connectivity index (χ1n) is 14.4. The van der Waals surface area contributed by atoms with Crippen LogP contribution in [0.4, 0.5) is 0 Å². The summed E-state index contributed by atoms with van der Waals surface area (Å²) in [6, 6.07) is 12.1. The van der Waals surface area contributed by atoms with Crippen molar-refractivity contribution >= 4 is 21.7 Å². The molecule has 0 unspecified atom stereocenters. The van der Waals surface area contributed by atoms with Crippen LogP contribution >= 0.6 is 0 Å². The molecule has 0 fully saturated rings. The minimum atomic E-state index is -3.87. The van der Waals surface area contributed by atoms with Gasteiger partial charge in [-0.2, -0.15) is 18.4 Å². The van der Waals surface area contributed by atoms with E-state index >= 15 is 0 Å². The molecule has 0 aromatic heterocycles. The highest BCUT2D eigenvalue weighted by molar-refractivity contribution is 7.89. The van der Waals surface area contributed by atoms with Gasteiger partial charge in [0.1, 0.15) is 0 Å². The molecule has 2 aromatic carbocycles. The van der Waals surface area contributed by atoms with Gasteiger partial charge < -0.3 is 14.2 Å². The van der Waals surface area contributed by atoms with Crippen LogP contribution < -0.4 is 14.3 Å². The van der Waals surface area contributed by atoms with E-state index in [1.165, 1.54) is 13.5 Å². The smallest absolute Gasteiger partial charge is 0.305 e. The summed E-state index contributed by atoms with van der Waals surface area (Å²) >= 11 is 0. The molecule has 0 radical (unpaired) electrons. The molecule has 0 amide bonds. The highest BCUT2D eigenvalue weighted by Crippen LogP contribution is 2.30. The Labute approximate surface area is 240 Å². The number of hydrogen-bond acceptors (Lipinski definition) is 7. The van der Waals surface area contributed by atoms with E-state index in [-0.39, 0.29) is 17.3 Å². The number of carbonyl (C=O) groups excluding carboxylic acids is 1. The Hall–Kier alpha value is -3.07. The molecular formula is C31H46N2O6S. The molecule has 0 saturated heterocycles. The van der Waals surface area contributed by atoms with Crippen LogP contribution in [0.15, 0.2) is 52.5 Å². The van der Waals surface area contributed by atoms with Crippen LogP contribution in [0.5, 0.6) is 11.5 Å². The van der Waals surface area contributed by atoms with Gasteiger partial charge in [0.05, 0.1) is 30.9 Å². The average molecular weight is 575 g/mol. The summed E-state index contributed by atoms with van der Waals surface area (Å²) in [4.78, 5) is 14.2. The molecule has 0 heterocycles. The first kappa shape index (κ1) is 33.1. The van der Waals surface area contributed by atoms with Crippen molar-refractivity contribution in [2.24, 2.45) is 5.10 Å². The lowest BCUT2D eigenvalue weighted by atomic mass is 10.0. The molecule has 0 aliphatic rings. The third-order valence-corrected chi connectivity index (χ3v) is 7.67. The molecule has 1 N–H and O–H groups in total. The molecular weight excluding hydrogens is 528 g/mol. The quantitative estimate of drug-likeness (QED) is 0.0795. The van der Waals surface area contributed by atoms with Crippen molar-refractivity contribution in [3.63, 3.8) is 0 Å². The van der Waals surface area contributed by atoms with Gasteiger partial charge in [0.25, 0.3) is 10.0 Å². The van der Waals surface area contributed by atoms with Gasteiger partial charge in [-0.05, 0) is 62.9 Å². The number of rotatable bonds is 20. The zero-order chi connectivity index (χ0) is 29.2. The third-order valence-electron chi connectivity index (χ3n) is 6.44. The number of benzene rings is 2. The van der Waals surface area contributed by atoms with Crippen molar-refractivity contribution < 1.29 is 27.4 Å². The lowest BCUT2D eigenvalue weighted by Gasteiger charge is -2.16. The SMILES string of the molecule is CCCCCCOc1ccc(/C(CCCC(=O)OC)=N/NS(=O)(=O)c2ccc(C)cc2)cc1OCCCCCC. The first-order chi connectivity index (χ1) is 19.3. The van der Waals surface area contributed by atoms with Gasteiger partial charge in [0.15, 0.2) is 11.5 Å². The van der Waals surface area contributed by atoms with Crippen molar-refractivity contribution in [2.75, 3.05) is 20.3 Å². The van der Waals surface area contributed by atoms with Crippen LogP contribution in [0, 0.1) is 6.92 Å². The number of esters is 1. The molecule has 2 aromatic rings. The van der Waals surface area contributed by atoms with Crippen molar-refractivity contribution in [3.8, 4) is 11.5 Å². The topological polar surface area (TPSA) is 103 Å². The van der Waals surface area contributed by atoms with Crippen molar-refractivity contribution in [2.45, 2.75) is 96.3 Å². The van der Waals surface area contributed by atoms with E-state index in [0.717, 1.165) is 50.5 Å². The Bertz CT molecular complexity index is 1160. The summed E-state index contributed by atoms with van der Waals surface area (Å²) < 4.78 is 42.8. The summed E-state index contributed by atoms with van der Waals surface area (Å²) in [5.74, 6) is 0.930. The van der Waals surface area contributed by atoms with Gasteiger partial charge in [-0.15, -0.1) is 0 Å². The normalized spacial score (nSPS) is 11.8. The van der Waals surface area contributed by atoms with Crippen LogP contribution in [0.3, 0.4) is 0 Å². The predicted molar refractivity (Wildman–Crippen MR) is 160 cm³/mol. The van der Waals surface area contributed by atoms with Crippen molar-refractivity contribution in [1.82, 2.24) is 4.83 Å². The summed E-state index contributed by atoms with van der Waals surface area (Å²) in [6.45, 7) is 7.40. The van der Waals surface area contributed by atoms with E-state index in [1.54, 1.807) is 24.3 Å². The summed E-state index contributed by atoms with van der Waals surface area (Å²) in [6.07, 6.45) is 9.73. The number of methoxy groups -OCH3 is 1. The summed E-state index contributed by atoms with van der Waals surface area (Å²) in [5.41, 5.74) is 2.14. The molecule has 0 spiro atoms. The Balaban J connectivity index is 2.31. The summed E-state index contributed by atoms with van der Waals surface area (Å²) in [5, 5.41) is 4.30. The van der Waals surface area contributed by atoms with Gasteiger partial charge in [-0.1, -0.05) is 70.1 Å². The maximum absolute atomic E-state index is 12.9. The number of hydrazone groups is 1. The molecule has 9 heteroatoms. The second kappa shape index (κ2) is 18.3. The Morgan fingerprint density at radius 2 is 1.43 bits per heavy atom. The van der Waals surface area contributed by atoms with Gasteiger partial charge in [0, 0.05) is 12.0 Å². The largest absolute Gasteiger partial charge is 0.490 e. The maximum atomic E-state index is 12.9. The number of nitrogens with one attached hydrogen (secondary N) is 1.